The van der Waals surface area contributed by atoms with Gasteiger partial charge in [0.05, 0.1) is 0 Å². The molecule has 0 amide bonds. The molecule has 1 heteroatoms. The third kappa shape index (κ3) is 0.954. The van der Waals surface area contributed by atoms with Crippen molar-refractivity contribution in [1.82, 2.24) is 0 Å². The third-order valence-corrected chi connectivity index (χ3v) is 3.90. The van der Waals surface area contributed by atoms with Crippen LogP contribution < -0.4 is 0 Å². The summed E-state index contributed by atoms with van der Waals surface area (Å²) in [6, 6.07) is 0. The molecule has 0 aromatic carbocycles. The van der Waals surface area contributed by atoms with Gasteiger partial charge in [0, 0.05) is 12.8 Å². The van der Waals surface area contributed by atoms with Gasteiger partial charge in [0.25, 0.3) is 0 Å². The normalized spacial score (nSPS) is 41.6. The number of fused-ring (bicyclic) bond motifs is 1. The molecule has 2 aliphatic carbocycles. The summed E-state index contributed by atoms with van der Waals surface area (Å²) in [7, 11) is 0. The Bertz CT molecular complexity index is 241. The van der Waals surface area contributed by atoms with E-state index >= 15 is 0 Å². The molecule has 0 aromatic heterocycles. The van der Waals surface area contributed by atoms with Crippen LogP contribution in [0.4, 0.5) is 0 Å². The van der Waals surface area contributed by atoms with E-state index in [2.05, 4.69) is 13.5 Å². The number of rotatable bonds is 0. The van der Waals surface area contributed by atoms with Crippen molar-refractivity contribution >= 4 is 5.78 Å². The molecule has 0 N–H and O–H groups in total. The van der Waals surface area contributed by atoms with Gasteiger partial charge in [0.1, 0.15) is 5.78 Å². The molecule has 1 nitrogen and oxygen atoms in total. The van der Waals surface area contributed by atoms with Crippen LogP contribution in [0.1, 0.15) is 39.0 Å². The van der Waals surface area contributed by atoms with Crippen LogP contribution in [0.5, 0.6) is 0 Å². The molecular formula is C11H16O. The van der Waals surface area contributed by atoms with Crippen LogP contribution >= 0.6 is 0 Å². The van der Waals surface area contributed by atoms with Crippen molar-refractivity contribution in [1.29, 1.82) is 0 Å². The van der Waals surface area contributed by atoms with E-state index in [1.54, 1.807) is 0 Å². The Morgan fingerprint density at radius 3 is 3.00 bits per heavy atom. The first-order chi connectivity index (χ1) is 5.63. The third-order valence-electron chi connectivity index (χ3n) is 3.90. The second-order valence-electron chi connectivity index (χ2n) is 4.50. The lowest BCUT2D eigenvalue weighted by molar-refractivity contribution is -0.123. The Hall–Kier alpha value is -0.590. The molecule has 2 fully saturated rings. The SMILES string of the molecule is C=C1CCC2CC(=O)CCC12C. The van der Waals surface area contributed by atoms with Crippen LogP contribution in [0.2, 0.25) is 0 Å². The molecule has 2 saturated carbocycles. The topological polar surface area (TPSA) is 17.1 Å². The van der Waals surface area contributed by atoms with E-state index in [0.29, 0.717) is 17.1 Å². The predicted molar refractivity (Wildman–Crippen MR) is 48.8 cm³/mol. The van der Waals surface area contributed by atoms with Gasteiger partial charge in [-0.05, 0) is 30.6 Å². The molecule has 0 bridgehead atoms. The smallest absolute Gasteiger partial charge is 0.133 e. The largest absolute Gasteiger partial charge is 0.300 e. The summed E-state index contributed by atoms with van der Waals surface area (Å²) >= 11 is 0. The second kappa shape index (κ2) is 2.45. The maximum Gasteiger partial charge on any atom is 0.133 e. The van der Waals surface area contributed by atoms with E-state index in [4.69, 9.17) is 0 Å². The van der Waals surface area contributed by atoms with Crippen LogP contribution in [0, 0.1) is 11.3 Å². The standard InChI is InChI=1S/C11H16O/c1-8-3-4-9-7-10(12)5-6-11(8,9)2/h9H,1,3-7H2,2H3. The first-order valence-electron chi connectivity index (χ1n) is 4.83. The molecule has 0 radical (unpaired) electrons. The lowest BCUT2D eigenvalue weighted by Gasteiger charge is -2.36. The van der Waals surface area contributed by atoms with E-state index in [-0.39, 0.29) is 0 Å². The first kappa shape index (κ1) is 8.03. The van der Waals surface area contributed by atoms with E-state index in [1.807, 2.05) is 0 Å². The Balaban J connectivity index is 2.24. The highest BCUT2D eigenvalue weighted by Crippen LogP contribution is 2.53. The van der Waals surface area contributed by atoms with Crippen molar-refractivity contribution in [2.75, 3.05) is 0 Å². The molecule has 2 aliphatic rings. The van der Waals surface area contributed by atoms with Crippen molar-refractivity contribution < 1.29 is 4.79 Å². The summed E-state index contributed by atoms with van der Waals surface area (Å²) in [5, 5.41) is 0. The number of ketones is 1. The number of Topliss-reactive ketones (excluding diaryl/α,β-unsaturated/α-hetero) is 1. The fourth-order valence-electron chi connectivity index (χ4n) is 2.73. The molecule has 0 aromatic rings. The summed E-state index contributed by atoms with van der Waals surface area (Å²) in [6.45, 7) is 6.42. The van der Waals surface area contributed by atoms with Gasteiger partial charge in [0.2, 0.25) is 0 Å². The average Bonchev–Trinajstić information content (AvgIpc) is 2.31. The maximum absolute atomic E-state index is 11.2. The zero-order valence-electron chi connectivity index (χ0n) is 7.73. The maximum atomic E-state index is 11.2. The van der Waals surface area contributed by atoms with Crippen LogP contribution in [0.15, 0.2) is 12.2 Å². The van der Waals surface area contributed by atoms with Gasteiger partial charge < -0.3 is 0 Å². The Kier molecular flexibility index (Phi) is 1.64. The highest BCUT2D eigenvalue weighted by molar-refractivity contribution is 5.80. The fourth-order valence-corrected chi connectivity index (χ4v) is 2.73. The monoisotopic (exact) mass is 164 g/mol. The van der Waals surface area contributed by atoms with Gasteiger partial charge in [-0.25, -0.2) is 0 Å². The van der Waals surface area contributed by atoms with E-state index < -0.39 is 0 Å². The number of hydrogen-bond acceptors (Lipinski definition) is 1. The van der Waals surface area contributed by atoms with Crippen molar-refractivity contribution in [2.24, 2.45) is 11.3 Å². The molecule has 66 valence electrons. The highest BCUT2D eigenvalue weighted by Gasteiger charge is 2.44. The minimum absolute atomic E-state index is 0.313. The summed E-state index contributed by atoms with van der Waals surface area (Å²) in [5.41, 5.74) is 1.70. The summed E-state index contributed by atoms with van der Waals surface area (Å²) < 4.78 is 0. The Morgan fingerprint density at radius 2 is 2.25 bits per heavy atom. The lowest BCUT2D eigenvalue weighted by atomic mass is 9.68. The van der Waals surface area contributed by atoms with E-state index in [1.165, 1.54) is 12.0 Å². The predicted octanol–water partition coefficient (Wildman–Crippen LogP) is 2.71. The summed E-state index contributed by atoms with van der Waals surface area (Å²) in [6.07, 6.45) is 4.99. The second-order valence-corrected chi connectivity index (χ2v) is 4.50. The number of carbonyl (C=O) groups excluding carboxylic acids is 1. The van der Waals surface area contributed by atoms with Gasteiger partial charge in [-0.1, -0.05) is 19.1 Å². The molecule has 0 saturated heterocycles. The molecular weight excluding hydrogens is 148 g/mol. The van der Waals surface area contributed by atoms with Crippen molar-refractivity contribution in [3.05, 3.63) is 12.2 Å². The van der Waals surface area contributed by atoms with E-state index in [9.17, 15) is 4.79 Å². The van der Waals surface area contributed by atoms with Gasteiger partial charge in [-0.2, -0.15) is 0 Å². The quantitative estimate of drug-likeness (QED) is 0.503. The highest BCUT2D eigenvalue weighted by atomic mass is 16.1. The minimum Gasteiger partial charge on any atom is -0.300 e. The zero-order valence-corrected chi connectivity index (χ0v) is 7.73. The van der Waals surface area contributed by atoms with Gasteiger partial charge in [0.15, 0.2) is 0 Å². The van der Waals surface area contributed by atoms with Gasteiger partial charge >= 0.3 is 0 Å². The lowest BCUT2D eigenvalue weighted by Crippen LogP contribution is -2.30. The van der Waals surface area contributed by atoms with Crippen LogP contribution in [0.3, 0.4) is 0 Å². The Morgan fingerprint density at radius 1 is 1.50 bits per heavy atom. The number of carbonyl (C=O) groups is 1. The van der Waals surface area contributed by atoms with E-state index in [0.717, 1.165) is 25.7 Å². The molecule has 2 unspecified atom stereocenters. The van der Waals surface area contributed by atoms with Crippen molar-refractivity contribution in [3.63, 3.8) is 0 Å². The molecule has 0 aliphatic heterocycles. The fraction of sp³-hybridized carbons (Fsp3) is 0.727. The Labute approximate surface area is 73.8 Å². The molecule has 0 spiro atoms. The zero-order chi connectivity index (χ0) is 8.77. The van der Waals surface area contributed by atoms with Crippen LogP contribution in [-0.4, -0.2) is 5.78 Å². The number of hydrogen-bond donors (Lipinski definition) is 0. The van der Waals surface area contributed by atoms with Crippen LogP contribution in [-0.2, 0) is 4.79 Å². The van der Waals surface area contributed by atoms with Crippen LogP contribution in [0.25, 0.3) is 0 Å². The molecule has 2 atom stereocenters. The van der Waals surface area contributed by atoms with Gasteiger partial charge in [-0.15, -0.1) is 0 Å². The average molecular weight is 164 g/mol. The van der Waals surface area contributed by atoms with Crippen molar-refractivity contribution in [2.45, 2.75) is 39.0 Å². The van der Waals surface area contributed by atoms with Crippen molar-refractivity contribution in [3.8, 4) is 0 Å². The molecule has 2 rings (SSSR count). The minimum atomic E-state index is 0.313. The molecule has 12 heavy (non-hydrogen) atoms. The summed E-state index contributed by atoms with van der Waals surface area (Å²) in [5.74, 6) is 1.08. The number of allylic oxidation sites excluding steroid dienone is 1. The molecule has 0 heterocycles. The first-order valence-corrected chi connectivity index (χ1v) is 4.83. The van der Waals surface area contributed by atoms with Gasteiger partial charge in [-0.3, -0.25) is 4.79 Å². The summed E-state index contributed by atoms with van der Waals surface area (Å²) in [4.78, 5) is 11.2.